The summed E-state index contributed by atoms with van der Waals surface area (Å²) < 4.78 is 5.82. The van der Waals surface area contributed by atoms with E-state index in [0.29, 0.717) is 33.1 Å². The summed E-state index contributed by atoms with van der Waals surface area (Å²) in [5.41, 5.74) is 0.568. The van der Waals surface area contributed by atoms with Crippen molar-refractivity contribution in [2.24, 2.45) is 0 Å². The number of H-pyrrole nitrogens is 1. The van der Waals surface area contributed by atoms with Crippen molar-refractivity contribution in [3.63, 3.8) is 0 Å². The van der Waals surface area contributed by atoms with E-state index in [1.54, 1.807) is 52.1 Å². The number of ether oxygens (including phenoxy) is 1. The lowest BCUT2D eigenvalue weighted by atomic mass is 10.1. The summed E-state index contributed by atoms with van der Waals surface area (Å²) in [4.78, 5) is 34.8. The highest BCUT2D eigenvalue weighted by atomic mass is 35.5. The molecule has 7 nitrogen and oxygen atoms in total. The molecule has 5 rings (SSSR count). The van der Waals surface area contributed by atoms with Gasteiger partial charge in [-0.15, -0.1) is 0 Å². The van der Waals surface area contributed by atoms with Crippen molar-refractivity contribution in [3.05, 3.63) is 56.8 Å². The van der Waals surface area contributed by atoms with Crippen molar-refractivity contribution in [2.75, 3.05) is 24.6 Å². The molecule has 166 valence electrons. The highest BCUT2D eigenvalue weighted by molar-refractivity contribution is 8.76. The lowest BCUT2D eigenvalue weighted by Gasteiger charge is -2.43. The molecule has 32 heavy (non-hydrogen) atoms. The molecule has 2 saturated heterocycles. The highest BCUT2D eigenvalue weighted by Crippen LogP contribution is 2.35. The highest BCUT2D eigenvalue weighted by Gasteiger charge is 2.37. The predicted molar refractivity (Wildman–Crippen MR) is 131 cm³/mol. The zero-order chi connectivity index (χ0) is 22.2. The van der Waals surface area contributed by atoms with Gasteiger partial charge in [0, 0.05) is 40.7 Å². The number of hydrogen-bond acceptors (Lipinski definition) is 7. The number of aromatic amines is 1. The average Bonchev–Trinajstić information content (AvgIpc) is 2.80. The van der Waals surface area contributed by atoms with Gasteiger partial charge in [0.2, 0.25) is 0 Å². The van der Waals surface area contributed by atoms with Crippen molar-refractivity contribution in [1.82, 2.24) is 20.2 Å². The van der Waals surface area contributed by atoms with Crippen molar-refractivity contribution < 1.29 is 9.53 Å². The number of nitrogens with one attached hydrogen (secondary N) is 2. The SMILES string of the molecule is O=C(Oc1ccc(Cl)cc1-c1nc2ccc(Cl)cc2c(=O)[nH]1)N1CCN[C@@H]2CSSC[C@H]21. The summed E-state index contributed by atoms with van der Waals surface area (Å²) in [7, 11) is 3.58. The Morgan fingerprint density at radius 2 is 1.91 bits per heavy atom. The van der Waals surface area contributed by atoms with E-state index in [9.17, 15) is 9.59 Å². The van der Waals surface area contributed by atoms with E-state index in [-0.39, 0.29) is 29.2 Å². The second kappa shape index (κ2) is 9.15. The maximum Gasteiger partial charge on any atom is 0.415 e. The Hall–Kier alpha value is -1.91. The first-order chi connectivity index (χ1) is 15.5. The van der Waals surface area contributed by atoms with E-state index in [0.717, 1.165) is 18.1 Å². The molecule has 1 amide bonds. The van der Waals surface area contributed by atoms with Gasteiger partial charge < -0.3 is 19.9 Å². The minimum Gasteiger partial charge on any atom is -0.409 e. The average molecular weight is 509 g/mol. The van der Waals surface area contributed by atoms with Crippen LogP contribution in [0.2, 0.25) is 10.0 Å². The molecule has 0 saturated carbocycles. The summed E-state index contributed by atoms with van der Waals surface area (Å²) in [5, 5.41) is 4.74. The van der Waals surface area contributed by atoms with Crippen molar-refractivity contribution in [2.45, 2.75) is 12.1 Å². The summed E-state index contributed by atoms with van der Waals surface area (Å²) in [6.45, 7) is 1.29. The first-order valence-electron chi connectivity index (χ1n) is 9.95. The number of rotatable bonds is 2. The maximum atomic E-state index is 13.1. The Morgan fingerprint density at radius 1 is 1.12 bits per heavy atom. The van der Waals surface area contributed by atoms with Gasteiger partial charge in [-0.1, -0.05) is 44.8 Å². The smallest absolute Gasteiger partial charge is 0.409 e. The standard InChI is InChI=1S/C21H18Cl2N4O3S2/c22-11-1-3-15-13(7-11)20(28)26-19(25-15)14-8-12(23)2-4-18(14)30-21(29)27-6-5-24-16-9-31-32-10-17(16)27/h1-4,7-8,16-17,24H,5-6,9-10H2,(H,25,26,28)/t16-,17-/m1/s1. The van der Waals surface area contributed by atoms with Crippen LogP contribution in [-0.4, -0.2) is 57.6 Å². The second-order valence-electron chi connectivity index (χ2n) is 7.47. The third-order valence-electron chi connectivity index (χ3n) is 5.49. The van der Waals surface area contributed by atoms with Gasteiger partial charge in [0.25, 0.3) is 5.56 Å². The number of aromatic nitrogens is 2. The van der Waals surface area contributed by atoms with Gasteiger partial charge in [0.1, 0.15) is 11.6 Å². The van der Waals surface area contributed by atoms with E-state index in [1.165, 1.54) is 0 Å². The van der Waals surface area contributed by atoms with Crippen LogP contribution in [0.4, 0.5) is 4.79 Å². The molecule has 0 aliphatic carbocycles. The van der Waals surface area contributed by atoms with Gasteiger partial charge in [0.05, 0.1) is 22.5 Å². The van der Waals surface area contributed by atoms with E-state index in [4.69, 9.17) is 27.9 Å². The predicted octanol–water partition coefficient (Wildman–Crippen LogP) is 4.43. The number of benzene rings is 2. The van der Waals surface area contributed by atoms with Crippen LogP contribution in [0.3, 0.4) is 0 Å². The van der Waals surface area contributed by atoms with Crippen molar-refractivity contribution in [1.29, 1.82) is 0 Å². The molecular weight excluding hydrogens is 491 g/mol. The van der Waals surface area contributed by atoms with Gasteiger partial charge >= 0.3 is 6.09 Å². The zero-order valence-corrected chi connectivity index (χ0v) is 19.8. The van der Waals surface area contributed by atoms with E-state index >= 15 is 0 Å². The van der Waals surface area contributed by atoms with E-state index < -0.39 is 6.09 Å². The molecule has 1 aromatic heterocycles. The van der Waals surface area contributed by atoms with Crippen LogP contribution in [0.25, 0.3) is 22.3 Å². The Morgan fingerprint density at radius 3 is 2.78 bits per heavy atom. The quantitative estimate of drug-likeness (QED) is 0.494. The molecule has 2 aliphatic rings. The third kappa shape index (κ3) is 4.32. The number of nitrogens with zero attached hydrogens (tertiary/aromatic N) is 2. The molecule has 3 aromatic rings. The normalized spacial score (nSPS) is 20.8. The number of carbonyl (C=O) groups is 1. The Labute approximate surface area is 201 Å². The molecule has 0 radical (unpaired) electrons. The summed E-state index contributed by atoms with van der Waals surface area (Å²) in [6.07, 6.45) is -0.424. The molecule has 0 unspecified atom stereocenters. The fourth-order valence-electron chi connectivity index (χ4n) is 3.90. The number of amides is 1. The van der Waals surface area contributed by atoms with E-state index in [2.05, 4.69) is 15.3 Å². The van der Waals surface area contributed by atoms with Gasteiger partial charge in [-0.3, -0.25) is 4.79 Å². The molecule has 2 N–H and O–H groups in total. The number of fused-ring (bicyclic) bond motifs is 2. The number of hydrogen-bond donors (Lipinski definition) is 2. The van der Waals surface area contributed by atoms with Crippen LogP contribution >= 0.6 is 44.8 Å². The first kappa shape index (κ1) is 21.9. The van der Waals surface area contributed by atoms with Crippen LogP contribution in [-0.2, 0) is 0 Å². The van der Waals surface area contributed by atoms with Gasteiger partial charge in [-0.05, 0) is 36.4 Å². The van der Waals surface area contributed by atoms with Crippen LogP contribution in [0.5, 0.6) is 5.75 Å². The minimum atomic E-state index is -0.424. The minimum absolute atomic E-state index is 0.0709. The van der Waals surface area contributed by atoms with Crippen LogP contribution in [0.1, 0.15) is 0 Å². The molecule has 11 heteroatoms. The number of halogens is 2. The fraction of sp³-hybridized carbons (Fsp3) is 0.286. The topological polar surface area (TPSA) is 87.3 Å². The maximum absolute atomic E-state index is 13.1. The third-order valence-corrected chi connectivity index (χ3v) is 8.42. The number of piperazine rings is 1. The van der Waals surface area contributed by atoms with Crippen LogP contribution in [0, 0.1) is 0 Å². The number of carbonyl (C=O) groups excluding carboxylic acids is 1. The Bertz CT molecular complexity index is 1250. The molecule has 3 heterocycles. The molecule has 0 bridgehead atoms. The van der Waals surface area contributed by atoms with Gasteiger partial charge in [0.15, 0.2) is 0 Å². The molecular formula is C21H18Cl2N4O3S2. The summed E-state index contributed by atoms with van der Waals surface area (Å²) in [5.74, 6) is 2.33. The largest absolute Gasteiger partial charge is 0.415 e. The van der Waals surface area contributed by atoms with Crippen molar-refractivity contribution >= 4 is 61.8 Å². The van der Waals surface area contributed by atoms with E-state index in [1.807, 2.05) is 10.8 Å². The Kier molecular flexibility index (Phi) is 6.26. The van der Waals surface area contributed by atoms with Gasteiger partial charge in [-0.2, -0.15) is 0 Å². The first-order valence-corrected chi connectivity index (χ1v) is 13.2. The van der Waals surface area contributed by atoms with Crippen LogP contribution < -0.4 is 15.6 Å². The second-order valence-corrected chi connectivity index (χ2v) is 10.9. The van der Waals surface area contributed by atoms with Crippen molar-refractivity contribution in [3.8, 4) is 17.1 Å². The zero-order valence-electron chi connectivity index (χ0n) is 16.6. The summed E-state index contributed by atoms with van der Waals surface area (Å²) in [6, 6.07) is 10.1. The lowest BCUT2D eigenvalue weighted by Crippen LogP contribution is -2.62. The van der Waals surface area contributed by atoms with Crippen LogP contribution in [0.15, 0.2) is 41.2 Å². The molecule has 2 aromatic carbocycles. The molecule has 2 atom stereocenters. The molecule has 2 aliphatic heterocycles. The molecule has 0 spiro atoms. The fourth-order valence-corrected chi connectivity index (χ4v) is 6.91. The summed E-state index contributed by atoms with van der Waals surface area (Å²) >= 11 is 12.2. The molecule has 2 fully saturated rings. The Balaban J connectivity index is 1.49. The monoisotopic (exact) mass is 508 g/mol. The lowest BCUT2D eigenvalue weighted by molar-refractivity contribution is 0.111. The van der Waals surface area contributed by atoms with Gasteiger partial charge in [-0.25, -0.2) is 9.78 Å².